The Morgan fingerprint density at radius 2 is 1.12 bits per heavy atom. The molecule has 0 N–H and O–H groups in total. The van der Waals surface area contributed by atoms with Crippen molar-refractivity contribution >= 4 is 0 Å². The van der Waals surface area contributed by atoms with Crippen LogP contribution >= 0.6 is 0 Å². The van der Waals surface area contributed by atoms with E-state index in [1.54, 1.807) is 0 Å². The third kappa shape index (κ3) is 5.65. The molecule has 25 heavy (non-hydrogen) atoms. The Balaban J connectivity index is 1.40. The van der Waals surface area contributed by atoms with Gasteiger partial charge in [0.2, 0.25) is 0 Å². The van der Waals surface area contributed by atoms with Gasteiger partial charge >= 0.3 is 6.11 Å². The third-order valence-corrected chi connectivity index (χ3v) is 7.41. The van der Waals surface area contributed by atoms with E-state index in [9.17, 15) is 8.78 Å². The molecule has 3 fully saturated rings. The molecule has 0 aromatic carbocycles. The van der Waals surface area contributed by atoms with E-state index >= 15 is 0 Å². The SMILES string of the molecule is CC1CCC(CC2CCC(C(F)(F)OC3CCC(C)CC3)CC2)CC1. The topological polar surface area (TPSA) is 9.23 Å². The summed E-state index contributed by atoms with van der Waals surface area (Å²) < 4.78 is 34.5. The second-order valence-electron chi connectivity index (χ2n) is 9.64. The molecule has 0 bridgehead atoms. The highest BCUT2D eigenvalue weighted by Gasteiger charge is 2.44. The Bertz CT molecular complexity index is 387. The third-order valence-electron chi connectivity index (χ3n) is 7.41. The standard InChI is InChI=1S/C22H38F2O/c1-16-3-7-18(8-4-16)15-19-9-11-20(12-10-19)22(23,24)25-21-13-5-17(2)6-14-21/h16-21H,3-15H2,1-2H3. The van der Waals surface area contributed by atoms with Gasteiger partial charge in [-0.05, 0) is 81.5 Å². The minimum atomic E-state index is -2.91. The van der Waals surface area contributed by atoms with Gasteiger partial charge in [-0.15, -0.1) is 0 Å². The van der Waals surface area contributed by atoms with E-state index in [2.05, 4.69) is 13.8 Å². The first kappa shape index (κ1) is 19.6. The molecular weight excluding hydrogens is 318 g/mol. The smallest absolute Gasteiger partial charge is 0.317 e. The number of alkyl halides is 2. The van der Waals surface area contributed by atoms with E-state index < -0.39 is 12.0 Å². The molecule has 0 saturated heterocycles. The van der Waals surface area contributed by atoms with Crippen LogP contribution in [0.3, 0.4) is 0 Å². The second-order valence-corrected chi connectivity index (χ2v) is 9.64. The van der Waals surface area contributed by atoms with E-state index in [-0.39, 0.29) is 6.10 Å². The van der Waals surface area contributed by atoms with Crippen molar-refractivity contribution in [3.63, 3.8) is 0 Å². The van der Waals surface area contributed by atoms with Crippen molar-refractivity contribution in [2.24, 2.45) is 29.6 Å². The largest absolute Gasteiger partial charge is 0.358 e. The minimum absolute atomic E-state index is 0.215. The van der Waals surface area contributed by atoms with Crippen LogP contribution in [0.4, 0.5) is 8.78 Å². The number of halogens is 2. The maximum absolute atomic E-state index is 14.6. The zero-order chi connectivity index (χ0) is 17.9. The fraction of sp³-hybridized carbons (Fsp3) is 1.00. The van der Waals surface area contributed by atoms with Crippen LogP contribution in [0.2, 0.25) is 0 Å². The van der Waals surface area contributed by atoms with Crippen LogP contribution in [0.15, 0.2) is 0 Å². The Kier molecular flexibility index (Phi) is 6.79. The summed E-state index contributed by atoms with van der Waals surface area (Å²) in [7, 11) is 0. The molecular formula is C22H38F2O. The number of rotatable bonds is 5. The Labute approximate surface area is 153 Å². The zero-order valence-electron chi connectivity index (χ0n) is 16.3. The average molecular weight is 357 g/mol. The summed E-state index contributed by atoms with van der Waals surface area (Å²) >= 11 is 0. The number of hydrogen-bond donors (Lipinski definition) is 0. The molecule has 146 valence electrons. The number of hydrogen-bond acceptors (Lipinski definition) is 1. The van der Waals surface area contributed by atoms with Crippen LogP contribution in [0.1, 0.15) is 97.3 Å². The highest BCUT2D eigenvalue weighted by atomic mass is 19.3. The van der Waals surface area contributed by atoms with Gasteiger partial charge in [-0.25, -0.2) is 0 Å². The van der Waals surface area contributed by atoms with Gasteiger partial charge in [-0.1, -0.05) is 39.5 Å². The molecule has 1 nitrogen and oxygen atoms in total. The first-order valence-corrected chi connectivity index (χ1v) is 11.0. The molecule has 3 heteroatoms. The summed E-state index contributed by atoms with van der Waals surface area (Å²) in [6.07, 6.45) is 10.6. The molecule has 0 aromatic heterocycles. The summed E-state index contributed by atoms with van der Waals surface area (Å²) in [4.78, 5) is 0. The average Bonchev–Trinajstić information content (AvgIpc) is 2.59. The summed E-state index contributed by atoms with van der Waals surface area (Å²) in [5.41, 5.74) is 0. The quantitative estimate of drug-likeness (QED) is 0.506. The summed E-state index contributed by atoms with van der Waals surface area (Å²) in [5.74, 6) is 2.56. The molecule has 0 aliphatic heterocycles. The minimum Gasteiger partial charge on any atom is -0.317 e. The molecule has 0 amide bonds. The van der Waals surface area contributed by atoms with E-state index in [1.807, 2.05) is 0 Å². The monoisotopic (exact) mass is 356 g/mol. The molecule has 3 saturated carbocycles. The second kappa shape index (κ2) is 8.67. The molecule has 0 radical (unpaired) electrons. The highest BCUT2D eigenvalue weighted by Crippen LogP contribution is 2.44. The van der Waals surface area contributed by atoms with Crippen molar-refractivity contribution in [2.75, 3.05) is 0 Å². The predicted molar refractivity (Wildman–Crippen MR) is 98.6 cm³/mol. The van der Waals surface area contributed by atoms with Crippen molar-refractivity contribution in [2.45, 2.75) is 110 Å². The molecule has 0 atom stereocenters. The van der Waals surface area contributed by atoms with Crippen molar-refractivity contribution in [3.8, 4) is 0 Å². The van der Waals surface area contributed by atoms with Gasteiger partial charge in [0.1, 0.15) is 0 Å². The van der Waals surface area contributed by atoms with Gasteiger partial charge in [-0.2, -0.15) is 8.78 Å². The molecule has 0 spiro atoms. The van der Waals surface area contributed by atoms with Crippen molar-refractivity contribution in [1.29, 1.82) is 0 Å². The van der Waals surface area contributed by atoms with Crippen LogP contribution in [0.5, 0.6) is 0 Å². The van der Waals surface area contributed by atoms with Crippen molar-refractivity contribution in [3.05, 3.63) is 0 Å². The van der Waals surface area contributed by atoms with Gasteiger partial charge in [0, 0.05) is 0 Å². The summed E-state index contributed by atoms with van der Waals surface area (Å²) in [5, 5.41) is 0. The molecule has 0 aromatic rings. The maximum Gasteiger partial charge on any atom is 0.358 e. The van der Waals surface area contributed by atoms with Crippen LogP contribution in [-0.2, 0) is 4.74 Å². The van der Waals surface area contributed by atoms with Crippen LogP contribution in [0.25, 0.3) is 0 Å². The normalized spacial score (nSPS) is 40.8. The first-order chi connectivity index (χ1) is 11.9. The molecule has 0 unspecified atom stereocenters. The van der Waals surface area contributed by atoms with Gasteiger partial charge in [0.05, 0.1) is 12.0 Å². The Morgan fingerprint density at radius 1 is 0.680 bits per heavy atom. The van der Waals surface area contributed by atoms with Crippen LogP contribution in [0, 0.1) is 29.6 Å². The van der Waals surface area contributed by atoms with Gasteiger partial charge < -0.3 is 4.74 Å². The summed E-state index contributed by atoms with van der Waals surface area (Å²) in [6, 6.07) is 0. The van der Waals surface area contributed by atoms with Gasteiger partial charge in [0.25, 0.3) is 0 Å². The Morgan fingerprint density at radius 3 is 1.64 bits per heavy atom. The zero-order valence-corrected chi connectivity index (χ0v) is 16.3. The van der Waals surface area contributed by atoms with Crippen LogP contribution < -0.4 is 0 Å². The predicted octanol–water partition coefficient (Wildman–Crippen LogP) is 7.20. The van der Waals surface area contributed by atoms with Gasteiger partial charge in [0.15, 0.2) is 0 Å². The highest BCUT2D eigenvalue weighted by molar-refractivity contribution is 4.82. The fourth-order valence-electron chi connectivity index (χ4n) is 5.44. The van der Waals surface area contributed by atoms with Crippen molar-refractivity contribution < 1.29 is 13.5 Å². The molecule has 3 aliphatic carbocycles. The van der Waals surface area contributed by atoms with E-state index in [1.165, 1.54) is 32.1 Å². The van der Waals surface area contributed by atoms with Crippen molar-refractivity contribution in [1.82, 2.24) is 0 Å². The van der Waals surface area contributed by atoms with E-state index in [0.717, 1.165) is 50.4 Å². The lowest BCUT2D eigenvalue weighted by atomic mass is 9.73. The lowest BCUT2D eigenvalue weighted by molar-refractivity contribution is -0.301. The van der Waals surface area contributed by atoms with Crippen LogP contribution in [-0.4, -0.2) is 12.2 Å². The van der Waals surface area contributed by atoms with E-state index in [4.69, 9.17) is 4.74 Å². The fourth-order valence-corrected chi connectivity index (χ4v) is 5.44. The number of ether oxygens (including phenoxy) is 1. The first-order valence-electron chi connectivity index (χ1n) is 11.0. The lowest BCUT2D eigenvalue weighted by Crippen LogP contribution is -2.39. The van der Waals surface area contributed by atoms with E-state index in [0.29, 0.717) is 24.7 Å². The van der Waals surface area contributed by atoms with Gasteiger partial charge in [-0.3, -0.25) is 0 Å². The Hall–Kier alpha value is -0.180. The molecule has 3 rings (SSSR count). The lowest BCUT2D eigenvalue weighted by Gasteiger charge is -2.38. The molecule has 3 aliphatic rings. The summed E-state index contributed by atoms with van der Waals surface area (Å²) in [6.45, 7) is 4.57. The molecule has 0 heterocycles. The maximum atomic E-state index is 14.6.